The van der Waals surface area contributed by atoms with E-state index in [1.807, 2.05) is 0 Å². The Balaban J connectivity index is 3.36. The molecule has 11 heavy (non-hydrogen) atoms. The zero-order chi connectivity index (χ0) is 8.69. The fourth-order valence-electron chi connectivity index (χ4n) is 1.21. The van der Waals surface area contributed by atoms with E-state index in [1.165, 1.54) is 6.42 Å². The topological polar surface area (TPSA) is 12.0 Å². The molecule has 0 radical (unpaired) electrons. The van der Waals surface area contributed by atoms with Gasteiger partial charge in [0.2, 0.25) is 0 Å². The van der Waals surface area contributed by atoms with Crippen molar-refractivity contribution in [2.24, 2.45) is 5.92 Å². The summed E-state index contributed by atoms with van der Waals surface area (Å²) in [7, 11) is 0. The molecule has 0 amide bonds. The van der Waals surface area contributed by atoms with Gasteiger partial charge in [0.1, 0.15) is 0 Å². The molecule has 0 aliphatic heterocycles. The van der Waals surface area contributed by atoms with Crippen LogP contribution in [0.4, 0.5) is 0 Å². The zero-order valence-electron chi connectivity index (χ0n) is 7.86. The lowest BCUT2D eigenvalue weighted by Gasteiger charge is -2.20. The summed E-state index contributed by atoms with van der Waals surface area (Å²) in [6, 6.07) is 0.665. The van der Waals surface area contributed by atoms with Crippen LogP contribution in [0.15, 0.2) is 0 Å². The molecule has 0 aromatic rings. The van der Waals surface area contributed by atoms with Gasteiger partial charge >= 0.3 is 0 Å². The quantitative estimate of drug-likeness (QED) is 0.486. The monoisotopic (exact) mass is 177 g/mol. The second-order valence-corrected chi connectivity index (χ2v) is 3.63. The Hall–Kier alpha value is 0.250. The van der Waals surface area contributed by atoms with Crippen molar-refractivity contribution in [1.82, 2.24) is 5.32 Å². The molecule has 0 aromatic heterocycles. The standard InChI is InChI=1S/C9H20ClN/c1-4-9(8(2)3)11-7-5-6-10/h8-9,11H,4-7H2,1-3H3. The third kappa shape index (κ3) is 5.51. The van der Waals surface area contributed by atoms with Crippen molar-refractivity contribution in [3.8, 4) is 0 Å². The Labute approximate surface area is 75.5 Å². The van der Waals surface area contributed by atoms with Gasteiger partial charge in [0.05, 0.1) is 0 Å². The molecular weight excluding hydrogens is 158 g/mol. The maximum absolute atomic E-state index is 5.57. The predicted molar refractivity (Wildman–Crippen MR) is 52.3 cm³/mol. The molecule has 0 aromatic carbocycles. The van der Waals surface area contributed by atoms with Gasteiger partial charge in [-0.3, -0.25) is 0 Å². The number of halogens is 1. The summed E-state index contributed by atoms with van der Waals surface area (Å²) < 4.78 is 0. The van der Waals surface area contributed by atoms with Gasteiger partial charge in [-0.15, -0.1) is 11.6 Å². The van der Waals surface area contributed by atoms with Gasteiger partial charge < -0.3 is 5.32 Å². The Morgan fingerprint density at radius 2 is 2.00 bits per heavy atom. The molecule has 0 saturated carbocycles. The number of hydrogen-bond donors (Lipinski definition) is 1. The van der Waals surface area contributed by atoms with E-state index in [-0.39, 0.29) is 0 Å². The predicted octanol–water partition coefficient (Wildman–Crippen LogP) is 2.64. The second kappa shape index (κ2) is 6.93. The highest BCUT2D eigenvalue weighted by molar-refractivity contribution is 6.17. The normalized spacial score (nSPS) is 13.9. The Morgan fingerprint density at radius 1 is 1.36 bits per heavy atom. The van der Waals surface area contributed by atoms with Crippen molar-refractivity contribution in [3.63, 3.8) is 0 Å². The van der Waals surface area contributed by atoms with E-state index in [2.05, 4.69) is 26.1 Å². The van der Waals surface area contributed by atoms with Crippen LogP contribution >= 0.6 is 11.6 Å². The first-order valence-corrected chi connectivity index (χ1v) is 5.05. The second-order valence-electron chi connectivity index (χ2n) is 3.26. The van der Waals surface area contributed by atoms with Crippen molar-refractivity contribution in [2.45, 2.75) is 39.7 Å². The summed E-state index contributed by atoms with van der Waals surface area (Å²) in [6.07, 6.45) is 2.28. The fraction of sp³-hybridized carbons (Fsp3) is 1.00. The molecular formula is C9H20ClN. The average Bonchev–Trinajstić information content (AvgIpc) is 1.97. The zero-order valence-corrected chi connectivity index (χ0v) is 8.62. The van der Waals surface area contributed by atoms with Gasteiger partial charge in [-0.25, -0.2) is 0 Å². The van der Waals surface area contributed by atoms with Crippen LogP contribution in [0.3, 0.4) is 0 Å². The summed E-state index contributed by atoms with van der Waals surface area (Å²) in [6.45, 7) is 7.78. The minimum Gasteiger partial charge on any atom is -0.314 e. The highest BCUT2D eigenvalue weighted by Crippen LogP contribution is 2.04. The maximum atomic E-state index is 5.57. The van der Waals surface area contributed by atoms with E-state index in [0.717, 1.165) is 24.8 Å². The fourth-order valence-corrected chi connectivity index (χ4v) is 1.34. The molecule has 0 rings (SSSR count). The smallest absolute Gasteiger partial charge is 0.0235 e. The van der Waals surface area contributed by atoms with Crippen molar-refractivity contribution in [2.75, 3.05) is 12.4 Å². The minimum atomic E-state index is 0.665. The highest BCUT2D eigenvalue weighted by atomic mass is 35.5. The SMILES string of the molecule is CCC(NCCCCl)C(C)C. The van der Waals surface area contributed by atoms with Crippen molar-refractivity contribution in [3.05, 3.63) is 0 Å². The van der Waals surface area contributed by atoms with Gasteiger partial charge in [0, 0.05) is 11.9 Å². The first kappa shape index (κ1) is 11.2. The first-order valence-electron chi connectivity index (χ1n) is 4.51. The molecule has 0 bridgehead atoms. The third-order valence-corrected chi connectivity index (χ3v) is 2.23. The lowest BCUT2D eigenvalue weighted by atomic mass is 10.0. The van der Waals surface area contributed by atoms with Gasteiger partial charge in [0.15, 0.2) is 0 Å². The van der Waals surface area contributed by atoms with Crippen LogP contribution in [0.25, 0.3) is 0 Å². The Kier molecular flexibility index (Phi) is 7.09. The van der Waals surface area contributed by atoms with Gasteiger partial charge in [-0.2, -0.15) is 0 Å². The highest BCUT2D eigenvalue weighted by Gasteiger charge is 2.08. The van der Waals surface area contributed by atoms with Gasteiger partial charge in [0.25, 0.3) is 0 Å². The Bertz CT molecular complexity index is 83.6. The largest absolute Gasteiger partial charge is 0.314 e. The number of hydrogen-bond acceptors (Lipinski definition) is 1. The lowest BCUT2D eigenvalue weighted by molar-refractivity contribution is 0.390. The summed E-state index contributed by atoms with van der Waals surface area (Å²) in [4.78, 5) is 0. The summed E-state index contributed by atoms with van der Waals surface area (Å²) >= 11 is 5.57. The summed E-state index contributed by atoms with van der Waals surface area (Å²) in [5, 5.41) is 3.49. The van der Waals surface area contributed by atoms with Crippen molar-refractivity contribution in [1.29, 1.82) is 0 Å². The maximum Gasteiger partial charge on any atom is 0.0235 e. The van der Waals surface area contributed by atoms with Crippen LogP contribution in [0.5, 0.6) is 0 Å². The third-order valence-electron chi connectivity index (χ3n) is 1.96. The molecule has 1 N–H and O–H groups in total. The van der Waals surface area contributed by atoms with Crippen molar-refractivity contribution < 1.29 is 0 Å². The van der Waals surface area contributed by atoms with Gasteiger partial charge in [-0.1, -0.05) is 20.8 Å². The van der Waals surface area contributed by atoms with Crippen LogP contribution < -0.4 is 5.32 Å². The molecule has 0 heterocycles. The molecule has 0 aliphatic rings. The number of rotatable bonds is 6. The number of nitrogens with one attached hydrogen (secondary N) is 1. The summed E-state index contributed by atoms with van der Waals surface area (Å²) in [5.74, 6) is 1.50. The minimum absolute atomic E-state index is 0.665. The molecule has 1 atom stereocenters. The van der Waals surface area contributed by atoms with E-state index >= 15 is 0 Å². The molecule has 1 nitrogen and oxygen atoms in total. The average molecular weight is 178 g/mol. The van der Waals surface area contributed by atoms with E-state index in [4.69, 9.17) is 11.6 Å². The van der Waals surface area contributed by atoms with E-state index < -0.39 is 0 Å². The van der Waals surface area contributed by atoms with Crippen LogP contribution in [0.2, 0.25) is 0 Å². The van der Waals surface area contributed by atoms with Crippen LogP contribution in [0, 0.1) is 5.92 Å². The molecule has 2 heteroatoms. The Morgan fingerprint density at radius 3 is 2.36 bits per heavy atom. The van der Waals surface area contributed by atoms with Crippen LogP contribution in [-0.4, -0.2) is 18.5 Å². The van der Waals surface area contributed by atoms with Crippen molar-refractivity contribution >= 4 is 11.6 Å². The van der Waals surface area contributed by atoms with E-state index in [9.17, 15) is 0 Å². The molecule has 1 unspecified atom stereocenters. The van der Waals surface area contributed by atoms with Crippen LogP contribution in [0.1, 0.15) is 33.6 Å². The van der Waals surface area contributed by atoms with E-state index in [1.54, 1.807) is 0 Å². The molecule has 0 spiro atoms. The molecule has 0 saturated heterocycles. The summed E-state index contributed by atoms with van der Waals surface area (Å²) in [5.41, 5.74) is 0. The first-order chi connectivity index (χ1) is 5.22. The van der Waals surface area contributed by atoms with Gasteiger partial charge in [-0.05, 0) is 25.3 Å². The lowest BCUT2D eigenvalue weighted by Crippen LogP contribution is -2.33. The molecule has 68 valence electrons. The number of alkyl halides is 1. The van der Waals surface area contributed by atoms with Crippen LogP contribution in [-0.2, 0) is 0 Å². The van der Waals surface area contributed by atoms with E-state index in [0.29, 0.717) is 6.04 Å². The molecule has 0 aliphatic carbocycles. The molecule has 0 fully saturated rings.